The predicted molar refractivity (Wildman–Crippen MR) is 90.9 cm³/mol. The van der Waals surface area contributed by atoms with Crippen LogP contribution in [0.5, 0.6) is 17.2 Å². The zero-order chi connectivity index (χ0) is 16.9. The summed E-state index contributed by atoms with van der Waals surface area (Å²) in [5, 5.41) is 3.46. The van der Waals surface area contributed by atoms with Crippen molar-refractivity contribution < 1.29 is 19.0 Å². The molecule has 2 aromatic rings. The molecule has 0 fully saturated rings. The largest absolute Gasteiger partial charge is 0.486 e. The number of rotatable bonds is 5. The number of hydrogen-bond acceptors (Lipinski definition) is 4. The van der Waals surface area contributed by atoms with Gasteiger partial charge >= 0.3 is 0 Å². The van der Waals surface area contributed by atoms with Gasteiger partial charge in [0.05, 0.1) is 6.04 Å². The quantitative estimate of drug-likeness (QED) is 0.901. The van der Waals surface area contributed by atoms with E-state index in [9.17, 15) is 4.79 Å². The highest BCUT2D eigenvalue weighted by molar-refractivity contribution is 6.30. The molecule has 0 spiro atoms. The number of ether oxygens (including phenoxy) is 3. The van der Waals surface area contributed by atoms with E-state index in [-0.39, 0.29) is 18.6 Å². The van der Waals surface area contributed by atoms with E-state index in [2.05, 4.69) is 5.32 Å². The van der Waals surface area contributed by atoms with Crippen LogP contribution >= 0.6 is 11.6 Å². The Balaban J connectivity index is 1.56. The predicted octanol–water partition coefficient (Wildman–Crippen LogP) is 3.37. The second-order valence-corrected chi connectivity index (χ2v) is 5.87. The normalized spacial score (nSPS) is 13.9. The van der Waals surface area contributed by atoms with Crippen molar-refractivity contribution in [1.29, 1.82) is 0 Å². The van der Waals surface area contributed by atoms with E-state index in [0.717, 1.165) is 11.3 Å². The maximum atomic E-state index is 12.0. The summed E-state index contributed by atoms with van der Waals surface area (Å²) in [6.07, 6.45) is 0. The topological polar surface area (TPSA) is 56.8 Å². The Hall–Kier alpha value is -2.40. The summed E-state index contributed by atoms with van der Waals surface area (Å²) in [5.74, 6) is 1.78. The van der Waals surface area contributed by atoms with Gasteiger partial charge in [-0.05, 0) is 42.8 Å². The highest BCUT2D eigenvalue weighted by Gasteiger charge is 2.16. The molecule has 0 saturated carbocycles. The van der Waals surface area contributed by atoms with Gasteiger partial charge in [0.1, 0.15) is 19.0 Å². The van der Waals surface area contributed by atoms with Crippen molar-refractivity contribution in [1.82, 2.24) is 5.32 Å². The highest BCUT2D eigenvalue weighted by atomic mass is 35.5. The summed E-state index contributed by atoms with van der Waals surface area (Å²) in [4.78, 5) is 12.0. The molecule has 0 radical (unpaired) electrons. The first-order valence-electron chi connectivity index (χ1n) is 7.69. The van der Waals surface area contributed by atoms with E-state index in [1.165, 1.54) is 0 Å². The Labute approximate surface area is 145 Å². The maximum Gasteiger partial charge on any atom is 0.258 e. The second-order valence-electron chi connectivity index (χ2n) is 5.44. The summed E-state index contributed by atoms with van der Waals surface area (Å²) < 4.78 is 16.5. The minimum Gasteiger partial charge on any atom is -0.486 e. The molecule has 1 aliphatic heterocycles. The standard InChI is InChI=1S/C18H18ClNO4/c1-12(13-5-6-16-17(9-13)23-8-7-22-16)20-18(21)11-24-15-4-2-3-14(19)10-15/h2-6,9-10,12H,7-8,11H2,1H3,(H,20,21)/t12-/m1/s1. The molecule has 0 unspecified atom stereocenters. The summed E-state index contributed by atoms with van der Waals surface area (Å²) >= 11 is 5.88. The minimum absolute atomic E-state index is 0.0742. The summed E-state index contributed by atoms with van der Waals surface area (Å²) in [5.41, 5.74) is 0.940. The van der Waals surface area contributed by atoms with Gasteiger partial charge < -0.3 is 19.5 Å². The molecular weight excluding hydrogens is 330 g/mol. The number of fused-ring (bicyclic) bond motifs is 1. The van der Waals surface area contributed by atoms with Crippen LogP contribution in [0, 0.1) is 0 Å². The molecule has 5 nitrogen and oxygen atoms in total. The molecule has 0 aromatic heterocycles. The van der Waals surface area contributed by atoms with Crippen LogP contribution < -0.4 is 19.5 Å². The Morgan fingerprint density at radius 3 is 2.79 bits per heavy atom. The van der Waals surface area contributed by atoms with E-state index in [0.29, 0.717) is 29.7 Å². The number of amides is 1. The van der Waals surface area contributed by atoms with Gasteiger partial charge in [-0.2, -0.15) is 0 Å². The average Bonchev–Trinajstić information content (AvgIpc) is 2.59. The van der Waals surface area contributed by atoms with Crippen molar-refractivity contribution in [3.05, 3.63) is 53.1 Å². The molecule has 1 N–H and O–H groups in total. The van der Waals surface area contributed by atoms with E-state index in [1.807, 2.05) is 25.1 Å². The van der Waals surface area contributed by atoms with Gasteiger partial charge in [-0.3, -0.25) is 4.79 Å². The van der Waals surface area contributed by atoms with Gasteiger partial charge in [0, 0.05) is 5.02 Å². The van der Waals surface area contributed by atoms with Gasteiger partial charge in [0.2, 0.25) is 0 Å². The second kappa shape index (κ2) is 7.45. The van der Waals surface area contributed by atoms with Crippen LogP contribution in [0.2, 0.25) is 5.02 Å². The minimum atomic E-state index is -0.211. The zero-order valence-corrected chi connectivity index (χ0v) is 14.0. The van der Waals surface area contributed by atoms with Crippen LogP contribution in [0.1, 0.15) is 18.5 Å². The van der Waals surface area contributed by atoms with Crippen molar-refractivity contribution in [2.75, 3.05) is 19.8 Å². The molecule has 0 aliphatic carbocycles. The third kappa shape index (κ3) is 4.11. The first-order chi connectivity index (χ1) is 11.6. The number of halogens is 1. The van der Waals surface area contributed by atoms with Crippen molar-refractivity contribution in [3.63, 3.8) is 0 Å². The molecule has 1 atom stereocenters. The number of nitrogens with one attached hydrogen (secondary N) is 1. The third-order valence-corrected chi connectivity index (χ3v) is 3.84. The smallest absolute Gasteiger partial charge is 0.258 e. The zero-order valence-electron chi connectivity index (χ0n) is 13.3. The van der Waals surface area contributed by atoms with E-state index < -0.39 is 0 Å². The van der Waals surface area contributed by atoms with E-state index in [1.54, 1.807) is 24.3 Å². The Bertz CT molecular complexity index is 735. The van der Waals surface area contributed by atoms with Crippen molar-refractivity contribution in [2.45, 2.75) is 13.0 Å². The molecule has 1 amide bonds. The number of benzene rings is 2. The van der Waals surface area contributed by atoms with Crippen LogP contribution in [0.25, 0.3) is 0 Å². The SMILES string of the molecule is C[C@@H](NC(=O)COc1cccc(Cl)c1)c1ccc2c(c1)OCCO2. The molecule has 126 valence electrons. The molecule has 6 heteroatoms. The Morgan fingerprint density at radius 2 is 2.00 bits per heavy atom. The molecule has 24 heavy (non-hydrogen) atoms. The number of carbonyl (C=O) groups excluding carboxylic acids is 1. The third-order valence-electron chi connectivity index (χ3n) is 3.61. The lowest BCUT2D eigenvalue weighted by Crippen LogP contribution is -2.31. The lowest BCUT2D eigenvalue weighted by Gasteiger charge is -2.21. The van der Waals surface area contributed by atoms with Gasteiger partial charge in [-0.25, -0.2) is 0 Å². The van der Waals surface area contributed by atoms with Crippen LogP contribution in [-0.2, 0) is 4.79 Å². The molecule has 1 aliphatic rings. The Kier molecular flexibility index (Phi) is 5.11. The number of hydrogen-bond donors (Lipinski definition) is 1. The Morgan fingerprint density at radius 1 is 1.21 bits per heavy atom. The van der Waals surface area contributed by atoms with Crippen LogP contribution in [0.4, 0.5) is 0 Å². The van der Waals surface area contributed by atoms with Crippen LogP contribution in [0.3, 0.4) is 0 Å². The molecular formula is C18H18ClNO4. The monoisotopic (exact) mass is 347 g/mol. The first-order valence-corrected chi connectivity index (χ1v) is 8.07. The summed E-state index contributed by atoms with van der Waals surface area (Å²) in [7, 11) is 0. The van der Waals surface area contributed by atoms with Crippen LogP contribution in [-0.4, -0.2) is 25.7 Å². The fourth-order valence-corrected chi connectivity index (χ4v) is 2.58. The van der Waals surface area contributed by atoms with Crippen molar-refractivity contribution in [2.24, 2.45) is 0 Å². The molecule has 0 saturated heterocycles. The summed E-state index contributed by atoms with van der Waals surface area (Å²) in [6, 6.07) is 12.4. The lowest BCUT2D eigenvalue weighted by atomic mass is 10.1. The summed E-state index contributed by atoms with van der Waals surface area (Å²) in [6.45, 7) is 2.92. The van der Waals surface area contributed by atoms with Crippen molar-refractivity contribution in [3.8, 4) is 17.2 Å². The first kappa shape index (κ1) is 16.5. The molecule has 2 aromatic carbocycles. The number of carbonyl (C=O) groups is 1. The maximum absolute atomic E-state index is 12.0. The lowest BCUT2D eigenvalue weighted by molar-refractivity contribution is -0.123. The van der Waals surface area contributed by atoms with Crippen LogP contribution in [0.15, 0.2) is 42.5 Å². The highest BCUT2D eigenvalue weighted by Crippen LogP contribution is 2.32. The van der Waals surface area contributed by atoms with Gasteiger partial charge in [0.25, 0.3) is 5.91 Å². The van der Waals surface area contributed by atoms with Gasteiger partial charge in [-0.1, -0.05) is 23.7 Å². The fourth-order valence-electron chi connectivity index (χ4n) is 2.40. The van der Waals surface area contributed by atoms with Gasteiger partial charge in [-0.15, -0.1) is 0 Å². The van der Waals surface area contributed by atoms with Gasteiger partial charge in [0.15, 0.2) is 18.1 Å². The van der Waals surface area contributed by atoms with E-state index >= 15 is 0 Å². The molecule has 0 bridgehead atoms. The fraction of sp³-hybridized carbons (Fsp3) is 0.278. The average molecular weight is 348 g/mol. The molecule has 1 heterocycles. The molecule has 3 rings (SSSR count). The van der Waals surface area contributed by atoms with Crippen molar-refractivity contribution >= 4 is 17.5 Å². The van der Waals surface area contributed by atoms with E-state index in [4.69, 9.17) is 25.8 Å².